The van der Waals surface area contributed by atoms with Gasteiger partial charge in [0.05, 0.1) is 6.10 Å². The molecule has 1 aromatic rings. The number of hydrogen-bond donors (Lipinski definition) is 1. The fraction of sp³-hybridized carbons (Fsp3) is 0.696. The number of rotatable bonds is 5. The zero-order chi connectivity index (χ0) is 20.6. The van der Waals surface area contributed by atoms with Gasteiger partial charge in [0.25, 0.3) is 0 Å². The first kappa shape index (κ1) is 21.3. The topological polar surface area (TPSA) is 49.8 Å². The van der Waals surface area contributed by atoms with Gasteiger partial charge in [-0.05, 0) is 85.0 Å². The molecule has 0 aliphatic heterocycles. The van der Waals surface area contributed by atoms with Crippen molar-refractivity contribution in [3.05, 3.63) is 29.3 Å². The molecule has 0 unspecified atom stereocenters. The van der Waals surface area contributed by atoms with Crippen LogP contribution in [0.5, 0.6) is 5.75 Å². The smallest absolute Gasteiger partial charge is 0.410 e. The minimum atomic E-state index is -0.395. The van der Waals surface area contributed by atoms with Crippen LogP contribution in [0.3, 0.4) is 0 Å². The van der Waals surface area contributed by atoms with Gasteiger partial charge >= 0.3 is 6.09 Å². The number of aliphatic hydroxyl groups excluding tert-OH is 1. The number of aryl methyl sites for hydroxylation is 1. The van der Waals surface area contributed by atoms with E-state index in [1.165, 1.54) is 11.1 Å². The minimum absolute atomic E-state index is 0.0996. The van der Waals surface area contributed by atoms with Crippen LogP contribution >= 0.6 is 23.2 Å². The summed E-state index contributed by atoms with van der Waals surface area (Å²) in [6.45, 7) is 3.15. The molecule has 0 bridgehead atoms. The van der Waals surface area contributed by atoms with Gasteiger partial charge in [-0.2, -0.15) is 0 Å². The normalized spacial score (nSPS) is 32.8. The molecule has 4 nitrogen and oxygen atoms in total. The van der Waals surface area contributed by atoms with E-state index in [0.29, 0.717) is 48.4 Å². The molecule has 1 N–H and O–H groups in total. The fourth-order valence-corrected chi connectivity index (χ4v) is 6.67. The number of aliphatic hydroxyl groups is 1. The Bertz CT molecular complexity index is 752. The average Bonchev–Trinajstić information content (AvgIpc) is 3.02. The lowest BCUT2D eigenvalue weighted by Gasteiger charge is -2.50. The first-order valence-electron chi connectivity index (χ1n) is 10.9. The first-order chi connectivity index (χ1) is 14.0. The van der Waals surface area contributed by atoms with E-state index in [1.807, 2.05) is 12.1 Å². The average molecular weight is 440 g/mol. The number of fused-ring (bicyclic) bond motifs is 5. The number of alkyl halides is 2. The van der Waals surface area contributed by atoms with E-state index in [0.717, 1.165) is 38.5 Å². The van der Waals surface area contributed by atoms with Crippen molar-refractivity contribution in [1.29, 1.82) is 0 Å². The van der Waals surface area contributed by atoms with Crippen molar-refractivity contribution in [1.82, 2.24) is 4.90 Å². The standard InChI is InChI=1S/C23H31Cl2NO3/c1-23-9-8-18-17-5-3-16(29-22(28)26(12-10-24)13-11-25)14-15(17)2-4-19(18)20(23)6-7-21(23)27/h3,5,14,18-21,27H,2,4,6-13H2,1H3/t18-,19+,20+,21+,23-/m0/s1. The Morgan fingerprint density at radius 2 is 1.97 bits per heavy atom. The van der Waals surface area contributed by atoms with Gasteiger partial charge in [0.1, 0.15) is 5.75 Å². The maximum atomic E-state index is 12.4. The maximum Gasteiger partial charge on any atom is 0.415 e. The van der Waals surface area contributed by atoms with Crippen molar-refractivity contribution in [3.8, 4) is 5.75 Å². The van der Waals surface area contributed by atoms with Crippen molar-refractivity contribution in [2.24, 2.45) is 17.3 Å². The zero-order valence-corrected chi connectivity index (χ0v) is 18.6. The molecule has 4 rings (SSSR count). The van der Waals surface area contributed by atoms with E-state index in [2.05, 4.69) is 13.0 Å². The maximum absolute atomic E-state index is 12.4. The molecular formula is C23H31Cl2NO3. The quantitative estimate of drug-likeness (QED) is 0.642. The number of hydrogen-bond acceptors (Lipinski definition) is 3. The number of amides is 1. The van der Waals surface area contributed by atoms with Gasteiger partial charge in [-0.3, -0.25) is 0 Å². The van der Waals surface area contributed by atoms with E-state index in [-0.39, 0.29) is 11.5 Å². The van der Waals surface area contributed by atoms with Gasteiger partial charge in [0, 0.05) is 24.8 Å². The third kappa shape index (κ3) is 3.88. The van der Waals surface area contributed by atoms with Crippen molar-refractivity contribution >= 4 is 29.3 Å². The van der Waals surface area contributed by atoms with Crippen LogP contribution in [0.25, 0.3) is 0 Å². The summed E-state index contributed by atoms with van der Waals surface area (Å²) in [5, 5.41) is 10.5. The van der Waals surface area contributed by atoms with E-state index in [4.69, 9.17) is 27.9 Å². The van der Waals surface area contributed by atoms with Crippen LogP contribution in [0, 0.1) is 17.3 Å². The molecule has 2 fully saturated rings. The lowest BCUT2D eigenvalue weighted by Crippen LogP contribution is -2.43. The van der Waals surface area contributed by atoms with Crippen LogP contribution in [0.1, 0.15) is 56.1 Å². The number of halogens is 2. The first-order valence-corrected chi connectivity index (χ1v) is 11.9. The molecule has 3 aliphatic carbocycles. The third-order valence-corrected chi connectivity index (χ3v) is 8.16. The molecule has 1 amide bonds. The highest BCUT2D eigenvalue weighted by Gasteiger charge is 2.54. The summed E-state index contributed by atoms with van der Waals surface area (Å²) in [5.41, 5.74) is 2.82. The molecule has 0 saturated heterocycles. The highest BCUT2D eigenvalue weighted by molar-refractivity contribution is 6.18. The highest BCUT2D eigenvalue weighted by Crippen LogP contribution is 2.60. The Morgan fingerprint density at radius 1 is 1.21 bits per heavy atom. The molecule has 3 aliphatic rings. The van der Waals surface area contributed by atoms with Crippen LogP contribution in [0.15, 0.2) is 18.2 Å². The molecule has 0 heterocycles. The summed E-state index contributed by atoms with van der Waals surface area (Å²) in [5.74, 6) is 3.16. The molecule has 2 saturated carbocycles. The van der Waals surface area contributed by atoms with Gasteiger partial charge in [-0.1, -0.05) is 13.0 Å². The molecule has 6 heteroatoms. The number of ether oxygens (including phenoxy) is 1. The zero-order valence-electron chi connectivity index (χ0n) is 17.1. The van der Waals surface area contributed by atoms with Gasteiger partial charge in [0.15, 0.2) is 0 Å². The van der Waals surface area contributed by atoms with Crippen molar-refractivity contribution in [3.63, 3.8) is 0 Å². The lowest BCUT2D eigenvalue weighted by atomic mass is 9.55. The van der Waals surface area contributed by atoms with Crippen LogP contribution < -0.4 is 4.74 Å². The summed E-state index contributed by atoms with van der Waals surface area (Å²) in [6.07, 6.45) is 5.98. The van der Waals surface area contributed by atoms with Gasteiger partial charge < -0.3 is 14.7 Å². The Hall–Kier alpha value is -0.970. The lowest BCUT2D eigenvalue weighted by molar-refractivity contribution is -0.0226. The van der Waals surface area contributed by atoms with Crippen LogP contribution in [0.4, 0.5) is 4.79 Å². The SMILES string of the molecule is C[C@]12CC[C@H]3c4ccc(OC(=O)N(CCCl)CCCl)cc4CC[C@H]3[C@H]1CC[C@H]2O. The predicted octanol–water partition coefficient (Wildman–Crippen LogP) is 5.18. The molecule has 0 radical (unpaired) electrons. The Labute approximate surface area is 183 Å². The molecule has 0 spiro atoms. The van der Waals surface area contributed by atoms with E-state index in [9.17, 15) is 9.90 Å². The third-order valence-electron chi connectivity index (χ3n) is 7.82. The summed E-state index contributed by atoms with van der Waals surface area (Å²) in [7, 11) is 0. The number of carbonyl (C=O) groups is 1. The summed E-state index contributed by atoms with van der Waals surface area (Å²) in [6, 6.07) is 6.13. The van der Waals surface area contributed by atoms with Gasteiger partial charge in [-0.15, -0.1) is 23.2 Å². The number of benzene rings is 1. The van der Waals surface area contributed by atoms with Gasteiger partial charge in [-0.25, -0.2) is 4.79 Å². The highest BCUT2D eigenvalue weighted by atomic mass is 35.5. The summed E-state index contributed by atoms with van der Waals surface area (Å²) >= 11 is 11.6. The molecule has 29 heavy (non-hydrogen) atoms. The molecule has 1 aromatic carbocycles. The number of nitrogens with zero attached hydrogens (tertiary/aromatic N) is 1. The fourth-order valence-electron chi connectivity index (χ4n) is 6.26. The summed E-state index contributed by atoms with van der Waals surface area (Å²) in [4.78, 5) is 14.0. The Balaban J connectivity index is 1.49. The van der Waals surface area contributed by atoms with E-state index < -0.39 is 6.09 Å². The van der Waals surface area contributed by atoms with Crippen molar-refractivity contribution in [2.45, 2.75) is 57.5 Å². The van der Waals surface area contributed by atoms with Crippen molar-refractivity contribution < 1.29 is 14.6 Å². The van der Waals surface area contributed by atoms with Crippen LogP contribution in [0.2, 0.25) is 0 Å². The monoisotopic (exact) mass is 439 g/mol. The van der Waals surface area contributed by atoms with Gasteiger partial charge in [0.2, 0.25) is 0 Å². The Morgan fingerprint density at radius 3 is 2.69 bits per heavy atom. The number of carbonyl (C=O) groups excluding carboxylic acids is 1. The van der Waals surface area contributed by atoms with Crippen LogP contribution in [-0.2, 0) is 6.42 Å². The summed E-state index contributed by atoms with van der Waals surface area (Å²) < 4.78 is 5.62. The minimum Gasteiger partial charge on any atom is -0.410 e. The largest absolute Gasteiger partial charge is 0.415 e. The van der Waals surface area contributed by atoms with Crippen LogP contribution in [-0.4, -0.2) is 47.1 Å². The molecule has 160 valence electrons. The van der Waals surface area contributed by atoms with Crippen molar-refractivity contribution in [2.75, 3.05) is 24.8 Å². The second kappa shape index (κ2) is 8.64. The predicted molar refractivity (Wildman–Crippen MR) is 116 cm³/mol. The second-order valence-electron chi connectivity index (χ2n) is 9.15. The van der Waals surface area contributed by atoms with E-state index in [1.54, 1.807) is 4.90 Å². The van der Waals surface area contributed by atoms with E-state index >= 15 is 0 Å². The molecule has 0 aromatic heterocycles. The second-order valence-corrected chi connectivity index (χ2v) is 9.90. The molecule has 5 atom stereocenters. The Kier molecular flexibility index (Phi) is 6.34. The molecular weight excluding hydrogens is 409 g/mol.